The number of amides is 1. The number of ether oxygens (including phenoxy) is 2. The molecule has 2 aromatic rings. The fourth-order valence-electron chi connectivity index (χ4n) is 1.87. The van der Waals surface area contributed by atoms with Crippen molar-refractivity contribution >= 4 is 23.4 Å². The van der Waals surface area contributed by atoms with Crippen LogP contribution in [0.3, 0.4) is 0 Å². The number of hydrogen-bond acceptors (Lipinski definition) is 6. The summed E-state index contributed by atoms with van der Waals surface area (Å²) in [7, 11) is 0. The van der Waals surface area contributed by atoms with Crippen LogP contribution in [0, 0.1) is 0 Å². The van der Waals surface area contributed by atoms with Gasteiger partial charge in [0.25, 0.3) is 5.91 Å². The average Bonchev–Trinajstić information content (AvgIpc) is 2.49. The molecule has 3 rings (SSSR count). The van der Waals surface area contributed by atoms with Gasteiger partial charge in [0.2, 0.25) is 0 Å². The van der Waals surface area contributed by atoms with Crippen molar-refractivity contribution in [1.82, 2.24) is 4.98 Å². The lowest BCUT2D eigenvalue weighted by molar-refractivity contribution is 0.0995. The summed E-state index contributed by atoms with van der Waals surface area (Å²) in [5.41, 5.74) is 11.8. The highest BCUT2D eigenvalue weighted by Gasteiger charge is 2.14. The SMILES string of the molecule is NC(=O)c1ccc(N)c(Sc2ccc3c(c2)OCCO3)n1. The van der Waals surface area contributed by atoms with Gasteiger partial charge in [0, 0.05) is 4.90 Å². The second kappa shape index (κ2) is 5.53. The van der Waals surface area contributed by atoms with E-state index in [0.29, 0.717) is 29.7 Å². The number of benzene rings is 1. The Bertz CT molecular complexity index is 706. The number of anilines is 1. The van der Waals surface area contributed by atoms with Crippen LogP contribution in [0.4, 0.5) is 5.69 Å². The number of nitrogens with zero attached hydrogens (tertiary/aromatic N) is 1. The molecule has 1 aromatic heterocycles. The third-order valence-electron chi connectivity index (χ3n) is 2.87. The lowest BCUT2D eigenvalue weighted by Crippen LogP contribution is -2.15. The van der Waals surface area contributed by atoms with Crippen molar-refractivity contribution in [1.29, 1.82) is 0 Å². The van der Waals surface area contributed by atoms with Gasteiger partial charge in [-0.15, -0.1) is 0 Å². The molecular weight excluding hydrogens is 290 g/mol. The molecule has 0 aliphatic carbocycles. The molecule has 4 N–H and O–H groups in total. The van der Waals surface area contributed by atoms with Crippen LogP contribution in [0.2, 0.25) is 0 Å². The second-order valence-electron chi connectivity index (χ2n) is 4.36. The van der Waals surface area contributed by atoms with Crippen molar-refractivity contribution in [3.8, 4) is 11.5 Å². The zero-order valence-corrected chi connectivity index (χ0v) is 11.9. The number of pyridine rings is 1. The highest BCUT2D eigenvalue weighted by molar-refractivity contribution is 7.99. The first-order chi connectivity index (χ1) is 10.1. The Kier molecular flexibility index (Phi) is 3.57. The molecule has 0 saturated carbocycles. The predicted molar refractivity (Wildman–Crippen MR) is 78.7 cm³/mol. The van der Waals surface area contributed by atoms with Gasteiger partial charge in [-0.05, 0) is 30.3 Å². The number of primary amides is 1. The molecule has 6 nitrogen and oxygen atoms in total. The van der Waals surface area contributed by atoms with Crippen LogP contribution < -0.4 is 20.9 Å². The summed E-state index contributed by atoms with van der Waals surface area (Å²) in [5.74, 6) is 0.826. The molecule has 2 heterocycles. The summed E-state index contributed by atoms with van der Waals surface area (Å²) in [4.78, 5) is 16.2. The van der Waals surface area contributed by atoms with E-state index >= 15 is 0 Å². The minimum absolute atomic E-state index is 0.184. The van der Waals surface area contributed by atoms with Gasteiger partial charge >= 0.3 is 0 Å². The maximum Gasteiger partial charge on any atom is 0.267 e. The first kappa shape index (κ1) is 13.6. The standard InChI is InChI=1S/C14H13N3O3S/c15-9-2-3-10(13(16)18)17-14(9)21-8-1-4-11-12(7-8)20-6-5-19-11/h1-4,7H,5-6,15H2,(H2,16,18). The van der Waals surface area contributed by atoms with Crippen LogP contribution in [0.5, 0.6) is 11.5 Å². The molecule has 1 aliphatic rings. The summed E-state index contributed by atoms with van der Waals surface area (Å²) in [6.45, 7) is 1.08. The lowest BCUT2D eigenvalue weighted by Gasteiger charge is -2.18. The van der Waals surface area contributed by atoms with Gasteiger partial charge in [0.05, 0.1) is 5.69 Å². The fraction of sp³-hybridized carbons (Fsp3) is 0.143. The number of carbonyl (C=O) groups excluding carboxylic acids is 1. The molecule has 0 radical (unpaired) electrons. The molecule has 1 amide bonds. The summed E-state index contributed by atoms with van der Waals surface area (Å²) in [5, 5.41) is 0.531. The van der Waals surface area contributed by atoms with Gasteiger partial charge in [-0.1, -0.05) is 11.8 Å². The first-order valence-corrected chi connectivity index (χ1v) is 7.09. The Morgan fingerprint density at radius 2 is 1.90 bits per heavy atom. The third-order valence-corrected chi connectivity index (χ3v) is 3.88. The van der Waals surface area contributed by atoms with Crippen LogP contribution in [-0.2, 0) is 0 Å². The van der Waals surface area contributed by atoms with E-state index in [-0.39, 0.29) is 5.69 Å². The normalized spacial score (nSPS) is 13.0. The zero-order chi connectivity index (χ0) is 14.8. The lowest BCUT2D eigenvalue weighted by atomic mass is 10.3. The number of fused-ring (bicyclic) bond motifs is 1. The number of nitrogen functional groups attached to an aromatic ring is 1. The molecule has 0 bridgehead atoms. The van der Waals surface area contributed by atoms with Gasteiger partial charge in [-0.2, -0.15) is 0 Å². The monoisotopic (exact) mass is 303 g/mol. The molecule has 0 atom stereocenters. The number of nitrogens with two attached hydrogens (primary N) is 2. The maximum atomic E-state index is 11.2. The molecular formula is C14H13N3O3S. The number of carbonyl (C=O) groups is 1. The molecule has 1 aromatic carbocycles. The Morgan fingerprint density at radius 1 is 1.14 bits per heavy atom. The Morgan fingerprint density at radius 3 is 2.67 bits per heavy atom. The summed E-state index contributed by atoms with van der Waals surface area (Å²) in [6.07, 6.45) is 0. The van der Waals surface area contributed by atoms with E-state index in [2.05, 4.69) is 4.98 Å². The largest absolute Gasteiger partial charge is 0.486 e. The van der Waals surface area contributed by atoms with Crippen molar-refractivity contribution in [2.45, 2.75) is 9.92 Å². The van der Waals surface area contributed by atoms with E-state index in [9.17, 15) is 4.79 Å². The van der Waals surface area contributed by atoms with E-state index in [1.807, 2.05) is 18.2 Å². The molecule has 1 aliphatic heterocycles. The second-order valence-corrected chi connectivity index (χ2v) is 5.42. The Labute approximate surface area is 125 Å². The van der Waals surface area contributed by atoms with Crippen LogP contribution in [0.25, 0.3) is 0 Å². The predicted octanol–water partition coefficient (Wildman–Crippen LogP) is 1.69. The van der Waals surface area contributed by atoms with Crippen LogP contribution >= 0.6 is 11.8 Å². The van der Waals surface area contributed by atoms with E-state index in [4.69, 9.17) is 20.9 Å². The van der Waals surface area contributed by atoms with Gasteiger partial charge in [0.15, 0.2) is 11.5 Å². The Hall–Kier alpha value is -2.41. The maximum absolute atomic E-state index is 11.2. The van der Waals surface area contributed by atoms with Gasteiger partial charge in [0.1, 0.15) is 23.9 Å². The van der Waals surface area contributed by atoms with Crippen molar-refractivity contribution in [2.24, 2.45) is 5.73 Å². The summed E-state index contributed by atoms with van der Waals surface area (Å²) in [6, 6.07) is 8.71. The smallest absolute Gasteiger partial charge is 0.267 e. The fourth-order valence-corrected chi connectivity index (χ4v) is 2.72. The minimum Gasteiger partial charge on any atom is -0.486 e. The quantitative estimate of drug-likeness (QED) is 0.895. The summed E-state index contributed by atoms with van der Waals surface area (Å²) >= 11 is 1.34. The van der Waals surface area contributed by atoms with Crippen LogP contribution in [0.15, 0.2) is 40.3 Å². The van der Waals surface area contributed by atoms with E-state index < -0.39 is 5.91 Å². The van der Waals surface area contributed by atoms with Gasteiger partial charge in [-0.3, -0.25) is 4.79 Å². The van der Waals surface area contributed by atoms with Crippen molar-refractivity contribution in [2.75, 3.05) is 18.9 Å². The van der Waals surface area contributed by atoms with Gasteiger partial charge < -0.3 is 20.9 Å². The molecule has 0 spiro atoms. The molecule has 21 heavy (non-hydrogen) atoms. The van der Waals surface area contributed by atoms with E-state index in [1.165, 1.54) is 17.8 Å². The van der Waals surface area contributed by atoms with Crippen molar-refractivity contribution in [3.05, 3.63) is 36.0 Å². The molecule has 7 heteroatoms. The molecule has 0 fully saturated rings. The first-order valence-electron chi connectivity index (χ1n) is 6.27. The molecule has 0 unspecified atom stereocenters. The van der Waals surface area contributed by atoms with Crippen LogP contribution in [0.1, 0.15) is 10.5 Å². The van der Waals surface area contributed by atoms with Crippen molar-refractivity contribution in [3.63, 3.8) is 0 Å². The van der Waals surface area contributed by atoms with E-state index in [0.717, 1.165) is 10.6 Å². The highest BCUT2D eigenvalue weighted by atomic mass is 32.2. The van der Waals surface area contributed by atoms with Crippen molar-refractivity contribution < 1.29 is 14.3 Å². The number of rotatable bonds is 3. The third kappa shape index (κ3) is 2.87. The van der Waals surface area contributed by atoms with E-state index in [1.54, 1.807) is 6.07 Å². The molecule has 0 saturated heterocycles. The number of hydrogen-bond donors (Lipinski definition) is 2. The van der Waals surface area contributed by atoms with Crippen LogP contribution in [-0.4, -0.2) is 24.1 Å². The van der Waals surface area contributed by atoms with Gasteiger partial charge in [-0.25, -0.2) is 4.98 Å². The topological polar surface area (TPSA) is 100 Å². The summed E-state index contributed by atoms with van der Waals surface area (Å²) < 4.78 is 11.0. The molecule has 108 valence electrons. The highest BCUT2D eigenvalue weighted by Crippen LogP contribution is 2.37. The average molecular weight is 303 g/mol. The number of aromatic nitrogens is 1. The minimum atomic E-state index is -0.584. The Balaban J connectivity index is 1.89. The zero-order valence-electron chi connectivity index (χ0n) is 11.0.